The molecule has 0 bridgehead atoms. The van der Waals surface area contributed by atoms with Gasteiger partial charge in [0.2, 0.25) is 0 Å². The van der Waals surface area contributed by atoms with E-state index in [2.05, 4.69) is 13.8 Å². The summed E-state index contributed by atoms with van der Waals surface area (Å²) in [6.07, 6.45) is 1.49. The SMILES string of the molecule is CC(C)c1ccc(N2C(=O)C(=O)/C(=C(\O)c3ccc4c(c3)N(C)CCO4)C2c2ccco2)cc1. The number of fused-ring (bicyclic) bond motifs is 1. The van der Waals surface area contributed by atoms with E-state index in [1.807, 2.05) is 36.2 Å². The third-order valence-corrected chi connectivity index (χ3v) is 6.42. The zero-order chi connectivity index (χ0) is 24.0. The molecular formula is C27H26N2O5. The van der Waals surface area contributed by atoms with Gasteiger partial charge in [0.25, 0.3) is 11.7 Å². The number of carbonyl (C=O) groups is 2. The van der Waals surface area contributed by atoms with Gasteiger partial charge in [-0.05, 0) is 53.9 Å². The summed E-state index contributed by atoms with van der Waals surface area (Å²) in [6.45, 7) is 5.46. The second kappa shape index (κ2) is 8.41. The topological polar surface area (TPSA) is 83.2 Å². The highest BCUT2D eigenvalue weighted by atomic mass is 16.5. The quantitative estimate of drug-likeness (QED) is 0.342. The second-order valence-corrected chi connectivity index (χ2v) is 8.88. The molecule has 1 atom stereocenters. The summed E-state index contributed by atoms with van der Waals surface area (Å²) in [6, 6.07) is 15.3. The highest BCUT2D eigenvalue weighted by molar-refractivity contribution is 6.51. The summed E-state index contributed by atoms with van der Waals surface area (Å²) in [5.74, 6) is -0.280. The van der Waals surface area contributed by atoms with Gasteiger partial charge in [0, 0.05) is 18.3 Å². The molecule has 0 spiro atoms. The summed E-state index contributed by atoms with van der Waals surface area (Å²) >= 11 is 0. The maximum absolute atomic E-state index is 13.3. The minimum atomic E-state index is -0.884. The Balaban J connectivity index is 1.64. The van der Waals surface area contributed by atoms with Gasteiger partial charge in [0.15, 0.2) is 0 Å². The van der Waals surface area contributed by atoms with Crippen molar-refractivity contribution in [2.75, 3.05) is 30.0 Å². The molecule has 3 aromatic rings. The van der Waals surface area contributed by atoms with Gasteiger partial charge in [-0.2, -0.15) is 0 Å². The highest BCUT2D eigenvalue weighted by Crippen LogP contribution is 2.43. The molecule has 2 aliphatic heterocycles. The molecule has 5 rings (SSSR count). The van der Waals surface area contributed by atoms with Crippen LogP contribution >= 0.6 is 0 Å². The standard InChI is InChI=1S/C27H26N2O5/c1-16(2)17-6-9-19(10-7-17)29-24(22-5-4-13-33-22)23(26(31)27(29)32)25(30)18-8-11-21-20(15-18)28(3)12-14-34-21/h4-11,13,15-16,24,30H,12,14H2,1-3H3/b25-23-. The van der Waals surface area contributed by atoms with Gasteiger partial charge in [-0.15, -0.1) is 0 Å². The van der Waals surface area contributed by atoms with Crippen molar-refractivity contribution in [3.05, 3.63) is 83.3 Å². The number of carbonyl (C=O) groups excluding carboxylic acids is 2. The Kier molecular flexibility index (Phi) is 5.40. The number of Topliss-reactive ketones (excluding diaryl/α,β-unsaturated/α-hetero) is 1. The predicted octanol–water partition coefficient (Wildman–Crippen LogP) is 4.86. The molecule has 1 amide bonds. The lowest BCUT2D eigenvalue weighted by atomic mass is 9.98. The number of benzene rings is 2. The van der Waals surface area contributed by atoms with E-state index < -0.39 is 17.7 Å². The largest absolute Gasteiger partial charge is 0.507 e. The van der Waals surface area contributed by atoms with E-state index in [1.54, 1.807) is 30.3 Å². The number of ether oxygens (including phenoxy) is 1. The third kappa shape index (κ3) is 3.53. The van der Waals surface area contributed by atoms with Crippen LogP contribution in [0.4, 0.5) is 11.4 Å². The van der Waals surface area contributed by atoms with Gasteiger partial charge < -0.3 is 19.2 Å². The monoisotopic (exact) mass is 458 g/mol. The van der Waals surface area contributed by atoms with Crippen LogP contribution in [-0.4, -0.2) is 37.0 Å². The fourth-order valence-electron chi connectivity index (χ4n) is 4.49. The van der Waals surface area contributed by atoms with Crippen molar-refractivity contribution in [1.29, 1.82) is 0 Å². The number of amides is 1. The summed E-state index contributed by atoms with van der Waals surface area (Å²) in [4.78, 5) is 29.9. The van der Waals surface area contributed by atoms with Gasteiger partial charge in [-0.3, -0.25) is 14.5 Å². The number of aliphatic hydroxyl groups is 1. The van der Waals surface area contributed by atoms with Crippen LogP contribution in [0.3, 0.4) is 0 Å². The van der Waals surface area contributed by atoms with E-state index >= 15 is 0 Å². The maximum Gasteiger partial charge on any atom is 0.300 e. The molecule has 1 N–H and O–H groups in total. The van der Waals surface area contributed by atoms with Crippen molar-refractivity contribution in [3.63, 3.8) is 0 Å². The number of rotatable bonds is 4. The van der Waals surface area contributed by atoms with Gasteiger partial charge in [-0.1, -0.05) is 26.0 Å². The number of furan rings is 1. The number of hydrogen-bond acceptors (Lipinski definition) is 6. The number of ketones is 1. The zero-order valence-electron chi connectivity index (χ0n) is 19.3. The number of anilines is 2. The van der Waals surface area contributed by atoms with Crippen LogP contribution in [0.1, 0.15) is 42.7 Å². The molecule has 1 saturated heterocycles. The first-order chi connectivity index (χ1) is 16.4. The zero-order valence-corrected chi connectivity index (χ0v) is 19.3. The number of aliphatic hydroxyl groups excluding tert-OH is 1. The van der Waals surface area contributed by atoms with Crippen molar-refractivity contribution < 1.29 is 23.8 Å². The molecule has 1 unspecified atom stereocenters. The molecule has 2 aliphatic rings. The summed E-state index contributed by atoms with van der Waals surface area (Å²) in [5.41, 5.74) is 2.91. The van der Waals surface area contributed by atoms with Gasteiger partial charge in [-0.25, -0.2) is 0 Å². The smallest absolute Gasteiger partial charge is 0.300 e. The van der Waals surface area contributed by atoms with Crippen LogP contribution in [0, 0.1) is 0 Å². The molecule has 1 fully saturated rings. The lowest BCUT2D eigenvalue weighted by Gasteiger charge is -2.28. The molecule has 7 nitrogen and oxygen atoms in total. The van der Waals surface area contributed by atoms with E-state index in [4.69, 9.17) is 9.15 Å². The minimum absolute atomic E-state index is 0.00721. The van der Waals surface area contributed by atoms with Crippen molar-refractivity contribution in [1.82, 2.24) is 0 Å². The van der Waals surface area contributed by atoms with Gasteiger partial charge in [0.1, 0.15) is 29.9 Å². The second-order valence-electron chi connectivity index (χ2n) is 8.88. The fourth-order valence-corrected chi connectivity index (χ4v) is 4.49. The van der Waals surface area contributed by atoms with Crippen LogP contribution < -0.4 is 14.5 Å². The first kappa shape index (κ1) is 21.8. The van der Waals surface area contributed by atoms with Crippen LogP contribution in [0.5, 0.6) is 5.75 Å². The van der Waals surface area contributed by atoms with Crippen molar-refractivity contribution in [2.45, 2.75) is 25.8 Å². The summed E-state index contributed by atoms with van der Waals surface area (Å²) < 4.78 is 11.3. The normalized spacial score (nSPS) is 19.5. The summed E-state index contributed by atoms with van der Waals surface area (Å²) in [7, 11) is 1.94. The van der Waals surface area contributed by atoms with E-state index in [0.29, 0.717) is 41.8 Å². The Hall–Kier alpha value is -4.00. The van der Waals surface area contributed by atoms with Crippen molar-refractivity contribution >= 4 is 28.8 Å². The van der Waals surface area contributed by atoms with Crippen LogP contribution in [0.2, 0.25) is 0 Å². The Morgan fingerprint density at radius 3 is 2.53 bits per heavy atom. The van der Waals surface area contributed by atoms with E-state index in [-0.39, 0.29) is 11.3 Å². The van der Waals surface area contributed by atoms with E-state index in [1.165, 1.54) is 11.2 Å². The average molecular weight is 459 g/mol. The van der Waals surface area contributed by atoms with Crippen LogP contribution in [0.15, 0.2) is 70.9 Å². The predicted molar refractivity (Wildman–Crippen MR) is 129 cm³/mol. The molecular weight excluding hydrogens is 432 g/mol. The first-order valence-electron chi connectivity index (χ1n) is 11.3. The van der Waals surface area contributed by atoms with Crippen LogP contribution in [-0.2, 0) is 9.59 Å². The van der Waals surface area contributed by atoms with E-state index in [0.717, 1.165) is 11.3 Å². The molecule has 0 aliphatic carbocycles. The molecule has 34 heavy (non-hydrogen) atoms. The Morgan fingerprint density at radius 1 is 1.09 bits per heavy atom. The van der Waals surface area contributed by atoms with Crippen molar-refractivity contribution in [3.8, 4) is 5.75 Å². The first-order valence-corrected chi connectivity index (χ1v) is 11.3. The molecule has 2 aromatic carbocycles. The molecule has 174 valence electrons. The molecule has 7 heteroatoms. The Labute approximate surface area is 197 Å². The summed E-state index contributed by atoms with van der Waals surface area (Å²) in [5, 5.41) is 11.3. The molecule has 1 aromatic heterocycles. The third-order valence-electron chi connectivity index (χ3n) is 6.42. The average Bonchev–Trinajstić information content (AvgIpc) is 3.46. The van der Waals surface area contributed by atoms with Gasteiger partial charge >= 0.3 is 0 Å². The minimum Gasteiger partial charge on any atom is -0.507 e. The molecule has 0 saturated carbocycles. The molecule has 0 radical (unpaired) electrons. The maximum atomic E-state index is 13.3. The van der Waals surface area contributed by atoms with Gasteiger partial charge in [0.05, 0.1) is 24.1 Å². The highest BCUT2D eigenvalue weighted by Gasteiger charge is 2.48. The van der Waals surface area contributed by atoms with Crippen LogP contribution in [0.25, 0.3) is 5.76 Å². The van der Waals surface area contributed by atoms with E-state index in [9.17, 15) is 14.7 Å². The number of likely N-dealkylation sites (N-methyl/N-ethyl adjacent to an activating group) is 1. The Morgan fingerprint density at radius 2 is 1.85 bits per heavy atom. The lowest BCUT2D eigenvalue weighted by Crippen LogP contribution is -2.29. The number of hydrogen-bond donors (Lipinski definition) is 1. The lowest BCUT2D eigenvalue weighted by molar-refractivity contribution is -0.132. The Bertz CT molecular complexity index is 1270. The van der Waals surface area contributed by atoms with Crippen molar-refractivity contribution in [2.24, 2.45) is 0 Å². The molecule has 3 heterocycles. The number of nitrogens with zero attached hydrogens (tertiary/aromatic N) is 2. The fraction of sp³-hybridized carbons (Fsp3) is 0.259.